The van der Waals surface area contributed by atoms with E-state index in [-0.39, 0.29) is 23.1 Å². The molecule has 36 heavy (non-hydrogen) atoms. The highest BCUT2D eigenvalue weighted by Gasteiger charge is 2.36. The van der Waals surface area contributed by atoms with Gasteiger partial charge in [-0.05, 0) is 36.2 Å². The van der Waals surface area contributed by atoms with Gasteiger partial charge in [0, 0.05) is 16.3 Å². The summed E-state index contributed by atoms with van der Waals surface area (Å²) in [6.45, 7) is 2.07. The molecule has 1 aromatic heterocycles. The molecule has 2 heterocycles. The van der Waals surface area contributed by atoms with E-state index >= 15 is 0 Å². The van der Waals surface area contributed by atoms with Gasteiger partial charge in [0.05, 0.1) is 29.9 Å². The number of amides is 1. The molecule has 4 aromatic rings. The lowest BCUT2D eigenvalue weighted by Crippen LogP contribution is -2.34. The normalized spacial score (nSPS) is 13.6. The molecule has 0 radical (unpaired) electrons. The van der Waals surface area contributed by atoms with Crippen molar-refractivity contribution in [2.75, 3.05) is 15.4 Å². The summed E-state index contributed by atoms with van der Waals surface area (Å²) in [5, 5.41) is 3.68. The van der Waals surface area contributed by atoms with E-state index in [9.17, 15) is 13.2 Å². The Labute approximate surface area is 218 Å². The molecule has 0 spiro atoms. The van der Waals surface area contributed by atoms with Crippen molar-refractivity contribution in [2.45, 2.75) is 23.5 Å². The Hall–Kier alpha value is -3.40. The quantitative estimate of drug-likeness (QED) is 0.257. The lowest BCUT2D eigenvalue weighted by molar-refractivity contribution is -0.113. The van der Waals surface area contributed by atoms with Gasteiger partial charge in [-0.2, -0.15) is 0 Å². The Morgan fingerprint density at radius 3 is 2.61 bits per heavy atom. The van der Waals surface area contributed by atoms with Crippen molar-refractivity contribution in [1.82, 2.24) is 9.97 Å². The predicted octanol–water partition coefficient (Wildman–Crippen LogP) is 5.55. The molecule has 0 fully saturated rings. The predicted molar refractivity (Wildman–Crippen MR) is 143 cm³/mol. The van der Waals surface area contributed by atoms with Crippen LogP contribution in [-0.4, -0.2) is 30.0 Å². The van der Waals surface area contributed by atoms with Crippen molar-refractivity contribution >= 4 is 50.7 Å². The Kier molecular flexibility index (Phi) is 6.70. The Bertz CT molecular complexity index is 1560. The number of halogens is 1. The van der Waals surface area contributed by atoms with E-state index in [2.05, 4.69) is 15.3 Å². The number of carbonyl (C=O) groups is 1. The number of hydrogen-bond donors (Lipinski definition) is 1. The maximum Gasteiger partial charge on any atom is 0.268 e. The fourth-order valence-corrected chi connectivity index (χ4v) is 6.26. The molecule has 7 nitrogen and oxygen atoms in total. The minimum atomic E-state index is -3.88. The number of benzene rings is 3. The molecule has 3 aromatic carbocycles. The third kappa shape index (κ3) is 4.82. The standard InChI is InChI=1S/C26H21ClN4O3S2/c1-17-11-12-19(27)13-21(17)29-24(32)16-35-26-28-14-23-25(30-26)20-9-5-6-10-22(20)31(36(23,33)34)15-18-7-3-2-4-8-18/h2-14H,15-16H2,1H3,(H,29,32). The number of aromatic nitrogens is 2. The molecule has 0 bridgehead atoms. The van der Waals surface area contributed by atoms with Crippen LogP contribution < -0.4 is 9.62 Å². The van der Waals surface area contributed by atoms with Gasteiger partial charge >= 0.3 is 0 Å². The Morgan fingerprint density at radius 1 is 1.06 bits per heavy atom. The fourth-order valence-electron chi connectivity index (χ4n) is 3.91. The van der Waals surface area contributed by atoms with Crippen LogP contribution in [0, 0.1) is 6.92 Å². The largest absolute Gasteiger partial charge is 0.325 e. The van der Waals surface area contributed by atoms with Crippen molar-refractivity contribution in [3.8, 4) is 11.3 Å². The molecule has 1 aliphatic heterocycles. The second-order valence-electron chi connectivity index (χ2n) is 8.18. The molecular weight excluding hydrogens is 516 g/mol. The van der Waals surface area contributed by atoms with Crippen LogP contribution >= 0.6 is 23.4 Å². The van der Waals surface area contributed by atoms with Gasteiger partial charge in [0.15, 0.2) is 5.16 Å². The van der Waals surface area contributed by atoms with Crippen LogP contribution in [0.25, 0.3) is 11.3 Å². The van der Waals surface area contributed by atoms with Crippen molar-refractivity contribution in [3.63, 3.8) is 0 Å². The highest BCUT2D eigenvalue weighted by atomic mass is 35.5. The van der Waals surface area contributed by atoms with E-state index in [4.69, 9.17) is 11.6 Å². The number of rotatable bonds is 6. The fraction of sp³-hybridized carbons (Fsp3) is 0.115. The number of para-hydroxylation sites is 1. The minimum absolute atomic E-state index is 0.0421. The number of nitrogens with zero attached hydrogens (tertiary/aromatic N) is 3. The monoisotopic (exact) mass is 536 g/mol. The molecule has 1 N–H and O–H groups in total. The lowest BCUT2D eigenvalue weighted by Gasteiger charge is -2.31. The minimum Gasteiger partial charge on any atom is -0.325 e. The van der Waals surface area contributed by atoms with Gasteiger partial charge in [0.25, 0.3) is 10.0 Å². The summed E-state index contributed by atoms with van der Waals surface area (Å²) in [4.78, 5) is 21.4. The van der Waals surface area contributed by atoms with E-state index in [1.54, 1.807) is 24.3 Å². The number of sulfonamides is 1. The maximum atomic E-state index is 13.6. The average Bonchev–Trinajstić information content (AvgIpc) is 2.88. The second kappa shape index (κ2) is 9.93. The van der Waals surface area contributed by atoms with Crippen molar-refractivity contribution in [1.29, 1.82) is 0 Å². The summed E-state index contributed by atoms with van der Waals surface area (Å²) in [7, 11) is -3.88. The van der Waals surface area contributed by atoms with E-state index in [1.165, 1.54) is 10.5 Å². The molecule has 0 saturated carbocycles. The van der Waals surface area contributed by atoms with Gasteiger partial charge in [-0.15, -0.1) is 0 Å². The molecule has 1 aliphatic rings. The van der Waals surface area contributed by atoms with Crippen molar-refractivity contribution in [2.24, 2.45) is 0 Å². The molecule has 0 atom stereocenters. The van der Waals surface area contributed by atoms with Gasteiger partial charge in [0.2, 0.25) is 5.91 Å². The summed E-state index contributed by atoms with van der Waals surface area (Å²) in [6.07, 6.45) is 1.33. The number of aryl methyl sites for hydroxylation is 1. The number of fused-ring (bicyclic) bond motifs is 3. The number of anilines is 2. The maximum absolute atomic E-state index is 13.6. The summed E-state index contributed by atoms with van der Waals surface area (Å²) in [6, 6.07) is 22.0. The van der Waals surface area contributed by atoms with Crippen LogP contribution in [0.3, 0.4) is 0 Å². The highest BCUT2D eigenvalue weighted by Crippen LogP contribution is 2.42. The van der Waals surface area contributed by atoms with Gasteiger partial charge in [-0.25, -0.2) is 18.4 Å². The first-order valence-corrected chi connectivity index (χ1v) is 13.9. The van der Waals surface area contributed by atoms with Gasteiger partial charge in [-0.3, -0.25) is 9.10 Å². The lowest BCUT2D eigenvalue weighted by atomic mass is 10.1. The summed E-state index contributed by atoms with van der Waals surface area (Å²) < 4.78 is 28.5. The van der Waals surface area contributed by atoms with Gasteiger partial charge in [-0.1, -0.05) is 78.0 Å². The van der Waals surface area contributed by atoms with Crippen LogP contribution in [-0.2, 0) is 21.4 Å². The first-order chi connectivity index (χ1) is 17.3. The summed E-state index contributed by atoms with van der Waals surface area (Å²) in [5.41, 5.74) is 3.98. The van der Waals surface area contributed by atoms with Crippen LogP contribution in [0.5, 0.6) is 0 Å². The van der Waals surface area contributed by atoms with Crippen LogP contribution in [0.15, 0.2) is 89.0 Å². The first-order valence-electron chi connectivity index (χ1n) is 11.0. The number of carbonyl (C=O) groups excluding carboxylic acids is 1. The molecule has 1 amide bonds. The van der Waals surface area contributed by atoms with E-state index in [0.717, 1.165) is 22.9 Å². The third-order valence-corrected chi connectivity index (χ3v) is 8.56. The summed E-state index contributed by atoms with van der Waals surface area (Å²) in [5.74, 6) is -0.187. The third-order valence-electron chi connectivity index (χ3n) is 5.70. The van der Waals surface area contributed by atoms with Crippen LogP contribution in [0.2, 0.25) is 5.02 Å². The molecule has 182 valence electrons. The number of nitrogens with one attached hydrogen (secondary N) is 1. The second-order valence-corrected chi connectivity index (χ2v) is 11.4. The van der Waals surface area contributed by atoms with Gasteiger partial charge in [0.1, 0.15) is 4.90 Å². The van der Waals surface area contributed by atoms with Crippen molar-refractivity contribution in [3.05, 3.63) is 95.1 Å². The smallest absolute Gasteiger partial charge is 0.268 e. The van der Waals surface area contributed by atoms with Crippen LogP contribution in [0.1, 0.15) is 11.1 Å². The van der Waals surface area contributed by atoms with E-state index in [1.807, 2.05) is 55.5 Å². The Balaban J connectivity index is 1.41. The molecule has 0 saturated heterocycles. The highest BCUT2D eigenvalue weighted by molar-refractivity contribution is 7.99. The zero-order valence-corrected chi connectivity index (χ0v) is 21.6. The molecule has 5 rings (SSSR count). The molecule has 10 heteroatoms. The van der Waals surface area contributed by atoms with Crippen LogP contribution in [0.4, 0.5) is 11.4 Å². The topological polar surface area (TPSA) is 92.3 Å². The number of hydrogen-bond acceptors (Lipinski definition) is 6. The van der Waals surface area contributed by atoms with Gasteiger partial charge < -0.3 is 5.32 Å². The first kappa shape index (κ1) is 24.3. The summed E-state index contributed by atoms with van der Waals surface area (Å²) >= 11 is 7.16. The number of thioether (sulfide) groups is 1. The molecule has 0 unspecified atom stereocenters. The van der Waals surface area contributed by atoms with E-state index < -0.39 is 10.0 Å². The van der Waals surface area contributed by atoms with Crippen molar-refractivity contribution < 1.29 is 13.2 Å². The van der Waals surface area contributed by atoms with E-state index in [0.29, 0.717) is 32.8 Å². The zero-order chi connectivity index (χ0) is 25.3. The SMILES string of the molecule is Cc1ccc(Cl)cc1NC(=O)CSc1ncc2c(n1)-c1ccccc1N(Cc1ccccc1)S2(=O)=O. The molecule has 0 aliphatic carbocycles. The average molecular weight is 537 g/mol. The zero-order valence-electron chi connectivity index (χ0n) is 19.2. The molecular formula is C26H21ClN4O3S2. The Morgan fingerprint density at radius 2 is 1.81 bits per heavy atom.